The largest absolute Gasteiger partial charge is 0.465 e. The minimum absolute atomic E-state index is 0.126. The van der Waals surface area contributed by atoms with Crippen molar-refractivity contribution in [3.05, 3.63) is 132 Å². The molecule has 3 amide bonds. The van der Waals surface area contributed by atoms with E-state index in [-0.39, 0.29) is 17.3 Å². The molecule has 5 aromatic rings. The second-order valence-electron chi connectivity index (χ2n) is 12.1. The van der Waals surface area contributed by atoms with Gasteiger partial charge in [0.25, 0.3) is 0 Å². The lowest BCUT2D eigenvalue weighted by Crippen LogP contribution is -2.32. The molecule has 0 heterocycles. The van der Waals surface area contributed by atoms with Crippen LogP contribution in [0.4, 0.5) is 31.4 Å². The monoisotopic (exact) mass is 667 g/mol. The number of hydrogen-bond acceptors (Lipinski definition) is 3. The third-order valence-corrected chi connectivity index (χ3v) is 9.14. The summed E-state index contributed by atoms with van der Waals surface area (Å²) < 4.78 is 0. The first-order valence-electron chi connectivity index (χ1n) is 16.5. The summed E-state index contributed by atoms with van der Waals surface area (Å²) in [7, 11) is 0. The van der Waals surface area contributed by atoms with Gasteiger partial charge in [-0.1, -0.05) is 111 Å². The van der Waals surface area contributed by atoms with E-state index in [9.17, 15) is 29.7 Å². The Balaban J connectivity index is 1.42. The van der Waals surface area contributed by atoms with Crippen molar-refractivity contribution in [1.29, 1.82) is 0 Å². The molecule has 9 heteroatoms. The van der Waals surface area contributed by atoms with E-state index in [1.165, 1.54) is 17.2 Å². The maximum atomic E-state index is 13.0. The van der Waals surface area contributed by atoms with Gasteiger partial charge in [0.1, 0.15) is 0 Å². The van der Waals surface area contributed by atoms with Gasteiger partial charge in [0, 0.05) is 28.2 Å². The fourth-order valence-electron chi connectivity index (χ4n) is 6.71. The van der Waals surface area contributed by atoms with Gasteiger partial charge >= 0.3 is 18.3 Å². The number of nitrogens with one attached hydrogen (secondary N) is 1. The summed E-state index contributed by atoms with van der Waals surface area (Å²) in [5, 5.41) is 37.9. The summed E-state index contributed by atoms with van der Waals surface area (Å²) in [4.78, 5) is 40.0. The Morgan fingerprint density at radius 1 is 0.820 bits per heavy atom. The van der Waals surface area contributed by atoms with Gasteiger partial charge in [-0.3, -0.25) is 10.2 Å². The molecule has 0 bridgehead atoms. The Morgan fingerprint density at radius 3 is 2.12 bits per heavy atom. The maximum absolute atomic E-state index is 13.0. The summed E-state index contributed by atoms with van der Waals surface area (Å²) >= 11 is 0. The highest BCUT2D eigenvalue weighted by molar-refractivity contribution is 6.24. The number of amides is 3. The predicted octanol–water partition coefficient (Wildman–Crippen LogP) is 10.9. The number of anilines is 3. The highest BCUT2D eigenvalue weighted by Gasteiger charge is 2.27. The Labute approximate surface area is 289 Å². The number of rotatable bonds is 9. The number of fused-ring (bicyclic) bond motifs is 6. The van der Waals surface area contributed by atoms with Gasteiger partial charge in [0.15, 0.2) is 0 Å². The molecular formula is C41H37N3O6. The molecule has 0 aliphatic heterocycles. The molecule has 1 aliphatic rings. The first-order valence-corrected chi connectivity index (χ1v) is 16.5. The molecule has 252 valence electrons. The number of nitrogens with zero attached hydrogens (tertiary/aromatic N) is 2. The molecule has 0 radical (unpaired) electrons. The maximum Gasteiger partial charge on any atom is 0.416 e. The van der Waals surface area contributed by atoms with Gasteiger partial charge in [-0.2, -0.15) is 0 Å². The predicted molar refractivity (Wildman–Crippen MR) is 201 cm³/mol. The molecule has 1 atom stereocenters. The van der Waals surface area contributed by atoms with Gasteiger partial charge in [-0.25, -0.2) is 19.3 Å². The number of benzene rings is 5. The van der Waals surface area contributed by atoms with E-state index in [1.54, 1.807) is 42.5 Å². The van der Waals surface area contributed by atoms with Crippen molar-refractivity contribution in [2.75, 3.05) is 15.1 Å². The summed E-state index contributed by atoms with van der Waals surface area (Å²) in [6.45, 7) is 3.97. The molecule has 5 aromatic carbocycles. The van der Waals surface area contributed by atoms with Gasteiger partial charge in [0.2, 0.25) is 0 Å². The topological polar surface area (TPSA) is 130 Å². The van der Waals surface area contributed by atoms with Crippen LogP contribution in [0.25, 0.3) is 38.4 Å². The van der Waals surface area contributed by atoms with E-state index < -0.39 is 18.3 Å². The van der Waals surface area contributed by atoms with E-state index in [1.807, 2.05) is 68.5 Å². The van der Waals surface area contributed by atoms with Gasteiger partial charge in [-0.15, -0.1) is 0 Å². The van der Waals surface area contributed by atoms with Crippen LogP contribution in [0.1, 0.15) is 37.8 Å². The van der Waals surface area contributed by atoms with Crippen LogP contribution in [-0.2, 0) is 6.42 Å². The zero-order valence-corrected chi connectivity index (χ0v) is 27.7. The normalized spacial score (nSPS) is 13.6. The lowest BCUT2D eigenvalue weighted by atomic mass is 9.89. The molecular weight excluding hydrogens is 630 g/mol. The van der Waals surface area contributed by atoms with Crippen molar-refractivity contribution in [2.45, 2.75) is 33.1 Å². The number of aryl methyl sites for hydroxylation is 1. The second-order valence-corrected chi connectivity index (χ2v) is 12.1. The first kappa shape index (κ1) is 33.5. The Hall–Kier alpha value is -6.35. The molecule has 0 saturated carbocycles. The van der Waals surface area contributed by atoms with Crippen LogP contribution in [0.2, 0.25) is 0 Å². The van der Waals surface area contributed by atoms with E-state index in [2.05, 4.69) is 17.5 Å². The lowest BCUT2D eigenvalue weighted by molar-refractivity contribution is 0.202. The lowest BCUT2D eigenvalue weighted by Gasteiger charge is -2.30. The fraction of sp³-hybridized carbons (Fsp3) is 0.146. The number of allylic oxidation sites excluding steroid dienone is 6. The van der Waals surface area contributed by atoms with Crippen molar-refractivity contribution in [2.24, 2.45) is 5.92 Å². The molecule has 6 rings (SSSR count). The zero-order valence-electron chi connectivity index (χ0n) is 27.7. The van der Waals surface area contributed by atoms with Crippen molar-refractivity contribution in [1.82, 2.24) is 0 Å². The Bertz CT molecular complexity index is 2270. The zero-order chi connectivity index (χ0) is 35.4. The minimum atomic E-state index is -1.32. The first-order chi connectivity index (χ1) is 24.2. The highest BCUT2D eigenvalue weighted by Crippen LogP contribution is 2.43. The molecule has 0 aromatic heterocycles. The summed E-state index contributed by atoms with van der Waals surface area (Å²) in [5.41, 5.74) is 3.50. The average molecular weight is 668 g/mol. The molecule has 1 aliphatic carbocycles. The Kier molecular flexibility index (Phi) is 9.67. The fourth-order valence-corrected chi connectivity index (χ4v) is 6.71. The summed E-state index contributed by atoms with van der Waals surface area (Å²) in [6.07, 6.45) is 10.7. The molecule has 1 unspecified atom stereocenters. The van der Waals surface area contributed by atoms with Crippen LogP contribution < -0.4 is 15.1 Å². The molecule has 0 saturated heterocycles. The molecule has 50 heavy (non-hydrogen) atoms. The standard InChI is InChI=1S/C41H37N3O6/c1-3-26(2)35(44(41(49)50)36-25-27-15-6-7-16-28(27)29-17-8-11-20-32(29)36)23-5-4-14-24-43(40(47)48)38-34-22-13-10-19-31(34)30-18-9-12-21-33(30)37(38)42-39(45)46/h4-7,9-16,18-26,42H,3,8,17H2,1-2H3,(H,45,46)(H,47,48)(H,49,50)/b5-4+,24-14+,35-23-. The third kappa shape index (κ3) is 6.41. The number of hydrogen-bond donors (Lipinski definition) is 4. The van der Waals surface area contributed by atoms with Crippen molar-refractivity contribution >= 4 is 73.7 Å². The van der Waals surface area contributed by atoms with Crippen LogP contribution in [0, 0.1) is 5.92 Å². The average Bonchev–Trinajstić information content (AvgIpc) is 3.12. The SMILES string of the molecule is CCC(C)/C(=C/C=C/C=C/N(C(=O)O)c1c(NC(=O)O)c2ccccc2c2ccccc12)N(C(=O)O)c1cc2ccccc2c2c1C=CCC2. The van der Waals surface area contributed by atoms with Crippen LogP contribution in [0.3, 0.4) is 0 Å². The molecule has 0 spiro atoms. The molecule has 9 nitrogen and oxygen atoms in total. The van der Waals surface area contributed by atoms with E-state index >= 15 is 0 Å². The van der Waals surface area contributed by atoms with Crippen LogP contribution >= 0.6 is 0 Å². The number of carbonyl (C=O) groups is 3. The smallest absolute Gasteiger partial charge is 0.416 e. The van der Waals surface area contributed by atoms with Crippen LogP contribution in [0.15, 0.2) is 121 Å². The number of carboxylic acid groups (broad SMARTS) is 3. The van der Waals surface area contributed by atoms with Gasteiger partial charge < -0.3 is 15.3 Å². The van der Waals surface area contributed by atoms with Crippen molar-refractivity contribution in [3.8, 4) is 0 Å². The summed E-state index contributed by atoms with van der Waals surface area (Å²) in [5.74, 6) is -0.126. The Morgan fingerprint density at radius 2 is 1.46 bits per heavy atom. The minimum Gasteiger partial charge on any atom is -0.465 e. The quantitative estimate of drug-likeness (QED) is 0.0703. The van der Waals surface area contributed by atoms with E-state index in [0.29, 0.717) is 28.6 Å². The highest BCUT2D eigenvalue weighted by atomic mass is 16.4. The molecule has 0 fully saturated rings. The third-order valence-electron chi connectivity index (χ3n) is 9.14. The second kappa shape index (κ2) is 14.4. The summed E-state index contributed by atoms with van der Waals surface area (Å²) in [6, 6.07) is 24.4. The molecule has 4 N–H and O–H groups in total. The van der Waals surface area contributed by atoms with Crippen LogP contribution in [-0.4, -0.2) is 33.6 Å². The van der Waals surface area contributed by atoms with Crippen molar-refractivity contribution < 1.29 is 29.7 Å². The van der Waals surface area contributed by atoms with E-state index in [0.717, 1.165) is 50.4 Å². The van der Waals surface area contributed by atoms with E-state index in [4.69, 9.17) is 0 Å². The van der Waals surface area contributed by atoms with Gasteiger partial charge in [0.05, 0.1) is 17.1 Å². The van der Waals surface area contributed by atoms with Crippen molar-refractivity contribution in [3.63, 3.8) is 0 Å². The van der Waals surface area contributed by atoms with Crippen LogP contribution in [0.5, 0.6) is 0 Å². The van der Waals surface area contributed by atoms with Gasteiger partial charge in [-0.05, 0) is 70.5 Å².